The van der Waals surface area contributed by atoms with Crippen molar-refractivity contribution in [3.8, 4) is 11.5 Å². The van der Waals surface area contributed by atoms with Crippen LogP contribution in [0.25, 0.3) is 0 Å². The van der Waals surface area contributed by atoms with Crippen LogP contribution in [-0.2, 0) is 0 Å². The van der Waals surface area contributed by atoms with Gasteiger partial charge in [0.15, 0.2) is 0 Å². The molecule has 0 radical (unpaired) electrons. The first kappa shape index (κ1) is 18.6. The summed E-state index contributed by atoms with van der Waals surface area (Å²) < 4.78 is 0. The number of nitrogens with one attached hydrogen (secondary N) is 1. The molecule has 0 aliphatic rings. The number of anilines is 2. The van der Waals surface area contributed by atoms with E-state index in [9.17, 15) is 0 Å². The molecule has 0 fully saturated rings. The third-order valence-corrected chi connectivity index (χ3v) is 3.82. The summed E-state index contributed by atoms with van der Waals surface area (Å²) >= 11 is 0. The van der Waals surface area contributed by atoms with E-state index in [1.54, 1.807) is 6.20 Å². The molecule has 3 N–H and O–H groups in total. The van der Waals surface area contributed by atoms with Gasteiger partial charge in [0.1, 0.15) is 13.9 Å². The minimum atomic E-state index is -1.40. The van der Waals surface area contributed by atoms with Crippen molar-refractivity contribution in [3.63, 3.8) is 0 Å². The van der Waals surface area contributed by atoms with Gasteiger partial charge in [-0.1, -0.05) is 46.3 Å². The van der Waals surface area contributed by atoms with Crippen LogP contribution in [0.15, 0.2) is 12.3 Å². The maximum atomic E-state index is 6.13. The lowest BCUT2D eigenvalue weighted by atomic mass is 9.82. The third kappa shape index (κ3) is 6.99. The Hall–Kier alpha value is -1.47. The van der Waals surface area contributed by atoms with E-state index in [-0.39, 0.29) is 11.0 Å². The first-order chi connectivity index (χ1) is 9.77. The van der Waals surface area contributed by atoms with Crippen molar-refractivity contribution in [1.29, 1.82) is 0 Å². The summed E-state index contributed by atoms with van der Waals surface area (Å²) in [5.41, 5.74) is 11.2. The summed E-state index contributed by atoms with van der Waals surface area (Å²) in [4.78, 5) is 4.48. The molecule has 1 heterocycles. The van der Waals surface area contributed by atoms with Crippen LogP contribution in [0.3, 0.4) is 0 Å². The predicted molar refractivity (Wildman–Crippen MR) is 101 cm³/mol. The van der Waals surface area contributed by atoms with Crippen molar-refractivity contribution in [2.75, 3.05) is 11.1 Å². The molecule has 0 atom stereocenters. The number of hydrogen-bond acceptors (Lipinski definition) is 3. The van der Waals surface area contributed by atoms with E-state index in [1.807, 2.05) is 6.07 Å². The molecule has 1 aromatic heterocycles. The highest BCUT2D eigenvalue weighted by atomic mass is 28.3. The van der Waals surface area contributed by atoms with Gasteiger partial charge >= 0.3 is 0 Å². The topological polar surface area (TPSA) is 50.9 Å². The fourth-order valence-electron chi connectivity index (χ4n) is 2.62. The molecule has 22 heavy (non-hydrogen) atoms. The van der Waals surface area contributed by atoms with Crippen molar-refractivity contribution >= 4 is 19.6 Å². The Morgan fingerprint density at radius 3 is 2.23 bits per heavy atom. The molecular formula is C18H31N3Si. The van der Waals surface area contributed by atoms with E-state index < -0.39 is 8.07 Å². The zero-order chi connectivity index (χ0) is 17.2. The van der Waals surface area contributed by atoms with E-state index in [2.05, 4.69) is 76.0 Å². The van der Waals surface area contributed by atoms with Crippen molar-refractivity contribution in [2.24, 2.45) is 5.41 Å². The Labute approximate surface area is 137 Å². The molecule has 0 saturated heterocycles. The van der Waals surface area contributed by atoms with Gasteiger partial charge in [-0.05, 0) is 25.7 Å². The SMILES string of the molecule is CC(C)(C)CC(C)(C)Nc1cc(N)c(C#C[Si](C)(C)C)cn1. The molecule has 0 spiro atoms. The quantitative estimate of drug-likeness (QED) is 0.636. The number of rotatable bonds is 3. The Morgan fingerprint density at radius 2 is 1.77 bits per heavy atom. The number of hydrogen-bond donors (Lipinski definition) is 2. The van der Waals surface area contributed by atoms with Gasteiger partial charge in [-0.2, -0.15) is 0 Å². The Bertz CT molecular complexity index is 581. The largest absolute Gasteiger partial charge is 0.398 e. The molecule has 0 aliphatic carbocycles. The number of pyridine rings is 1. The van der Waals surface area contributed by atoms with E-state index in [4.69, 9.17) is 5.73 Å². The molecule has 122 valence electrons. The second kappa shape index (κ2) is 6.34. The van der Waals surface area contributed by atoms with Crippen molar-refractivity contribution < 1.29 is 0 Å². The summed E-state index contributed by atoms with van der Waals surface area (Å²) in [6.45, 7) is 17.8. The summed E-state index contributed by atoms with van der Waals surface area (Å²) in [6.07, 6.45) is 2.82. The van der Waals surface area contributed by atoms with Gasteiger partial charge in [0.2, 0.25) is 0 Å². The fourth-order valence-corrected chi connectivity index (χ4v) is 3.12. The number of nitrogen functional groups attached to an aromatic ring is 1. The van der Waals surface area contributed by atoms with Crippen LogP contribution in [0.5, 0.6) is 0 Å². The molecule has 0 saturated carbocycles. The second-order valence-corrected chi connectivity index (χ2v) is 13.7. The molecule has 0 bridgehead atoms. The van der Waals surface area contributed by atoms with Crippen molar-refractivity contribution in [1.82, 2.24) is 4.98 Å². The van der Waals surface area contributed by atoms with E-state index in [0.717, 1.165) is 17.8 Å². The second-order valence-electron chi connectivity index (χ2n) is 8.90. The Morgan fingerprint density at radius 1 is 1.18 bits per heavy atom. The minimum Gasteiger partial charge on any atom is -0.398 e. The van der Waals surface area contributed by atoms with Gasteiger partial charge in [-0.3, -0.25) is 0 Å². The van der Waals surface area contributed by atoms with Gasteiger partial charge in [0.25, 0.3) is 0 Å². The molecular weight excluding hydrogens is 286 g/mol. The molecule has 4 heteroatoms. The van der Waals surface area contributed by atoms with E-state index in [1.165, 1.54) is 0 Å². The summed E-state index contributed by atoms with van der Waals surface area (Å²) in [5, 5.41) is 3.48. The summed E-state index contributed by atoms with van der Waals surface area (Å²) in [7, 11) is -1.40. The van der Waals surface area contributed by atoms with Gasteiger partial charge < -0.3 is 11.1 Å². The van der Waals surface area contributed by atoms with Gasteiger partial charge in [0.05, 0.1) is 11.3 Å². The molecule has 3 nitrogen and oxygen atoms in total. The van der Waals surface area contributed by atoms with Crippen LogP contribution in [0.1, 0.15) is 46.6 Å². The van der Waals surface area contributed by atoms with Crippen LogP contribution in [0, 0.1) is 16.9 Å². The van der Waals surface area contributed by atoms with Crippen LogP contribution in [-0.4, -0.2) is 18.6 Å². The highest BCUT2D eigenvalue weighted by Crippen LogP contribution is 2.29. The number of aromatic nitrogens is 1. The average molecular weight is 318 g/mol. The lowest BCUT2D eigenvalue weighted by Crippen LogP contribution is -2.35. The highest BCUT2D eigenvalue weighted by molar-refractivity contribution is 6.83. The zero-order valence-electron chi connectivity index (χ0n) is 15.4. The fraction of sp³-hybridized carbons (Fsp3) is 0.611. The first-order valence-corrected chi connectivity index (χ1v) is 11.3. The highest BCUT2D eigenvalue weighted by Gasteiger charge is 2.25. The Kier molecular flexibility index (Phi) is 5.35. The molecule has 1 rings (SSSR count). The van der Waals surface area contributed by atoms with Crippen LogP contribution < -0.4 is 11.1 Å². The lowest BCUT2D eigenvalue weighted by molar-refractivity contribution is 0.302. The van der Waals surface area contributed by atoms with Crippen molar-refractivity contribution in [3.05, 3.63) is 17.8 Å². The van der Waals surface area contributed by atoms with Gasteiger partial charge in [-0.25, -0.2) is 4.98 Å². The number of nitrogens with zero attached hydrogens (tertiary/aromatic N) is 1. The van der Waals surface area contributed by atoms with Gasteiger partial charge in [0, 0.05) is 17.8 Å². The summed E-state index contributed by atoms with van der Waals surface area (Å²) in [6, 6.07) is 1.89. The van der Waals surface area contributed by atoms with E-state index >= 15 is 0 Å². The Balaban J connectivity index is 2.92. The van der Waals surface area contributed by atoms with Crippen LogP contribution in [0.4, 0.5) is 11.5 Å². The van der Waals surface area contributed by atoms with E-state index in [0.29, 0.717) is 5.69 Å². The normalized spacial score (nSPS) is 12.5. The van der Waals surface area contributed by atoms with Crippen LogP contribution >= 0.6 is 0 Å². The third-order valence-electron chi connectivity index (χ3n) is 2.95. The van der Waals surface area contributed by atoms with Gasteiger partial charge in [-0.15, -0.1) is 5.54 Å². The molecule has 1 aromatic rings. The monoisotopic (exact) mass is 317 g/mol. The summed E-state index contributed by atoms with van der Waals surface area (Å²) in [5.74, 6) is 3.99. The maximum Gasteiger partial charge on any atom is 0.129 e. The predicted octanol–water partition coefficient (Wildman–Crippen LogP) is 4.52. The molecule has 0 aromatic carbocycles. The van der Waals surface area contributed by atoms with Crippen molar-refractivity contribution in [2.45, 2.75) is 66.2 Å². The molecule has 0 unspecified atom stereocenters. The minimum absolute atomic E-state index is 0.0385. The molecule has 0 aliphatic heterocycles. The zero-order valence-corrected chi connectivity index (χ0v) is 16.4. The smallest absolute Gasteiger partial charge is 0.129 e. The van der Waals surface area contributed by atoms with Crippen LogP contribution in [0.2, 0.25) is 19.6 Å². The number of nitrogens with two attached hydrogens (primary N) is 1. The maximum absolute atomic E-state index is 6.13. The molecule has 0 amide bonds. The standard InChI is InChI=1S/C18H31N3Si/c1-17(2,3)13-18(4,5)21-16-11-15(19)14(12-20-16)9-10-22(6,7)8/h11-12H,13H2,1-8H3,(H3,19,20,21). The lowest BCUT2D eigenvalue weighted by Gasteiger charge is -2.33. The average Bonchev–Trinajstić information content (AvgIpc) is 2.22. The first-order valence-electron chi connectivity index (χ1n) is 7.84.